The second-order valence-electron chi connectivity index (χ2n) is 8.66. The zero-order valence-corrected chi connectivity index (χ0v) is 20.9. The number of hydrogen-bond acceptors (Lipinski definition) is 8. The Kier molecular flexibility index (Phi) is 9.05. The van der Waals surface area contributed by atoms with Gasteiger partial charge in [0.25, 0.3) is 11.8 Å². The van der Waals surface area contributed by atoms with E-state index in [2.05, 4.69) is 5.32 Å². The third-order valence-corrected chi connectivity index (χ3v) is 5.87. The summed E-state index contributed by atoms with van der Waals surface area (Å²) in [5.41, 5.74) is 1.58. The van der Waals surface area contributed by atoms with Gasteiger partial charge in [-0.1, -0.05) is 24.3 Å². The molecule has 2 aromatic rings. The van der Waals surface area contributed by atoms with Gasteiger partial charge >= 0.3 is 11.9 Å². The minimum atomic E-state index is -1.72. The average molecular weight is 516 g/mol. The zero-order valence-electron chi connectivity index (χ0n) is 20.9. The van der Waals surface area contributed by atoms with Gasteiger partial charge in [0.05, 0.1) is 5.69 Å². The van der Waals surface area contributed by atoms with E-state index in [1.54, 1.807) is 42.2 Å². The molecule has 0 spiro atoms. The summed E-state index contributed by atoms with van der Waals surface area (Å²) in [6.45, 7) is 4.80. The molecule has 3 rings (SSSR count). The smallest absolute Gasteiger partial charge is 0.303 e. The van der Waals surface area contributed by atoms with Gasteiger partial charge in [-0.3, -0.25) is 19.2 Å². The number of hydrogen-bond donors (Lipinski definition) is 2. The molecule has 2 aromatic carbocycles. The molecule has 1 aliphatic heterocycles. The second-order valence-corrected chi connectivity index (χ2v) is 8.66. The highest BCUT2D eigenvalue weighted by Gasteiger charge is 2.42. The van der Waals surface area contributed by atoms with Crippen molar-refractivity contribution in [1.82, 2.24) is 10.2 Å². The highest BCUT2D eigenvalue weighted by atomic mass is 19.1. The number of amides is 2. The Bertz CT molecular complexity index is 1150. The van der Waals surface area contributed by atoms with Crippen LogP contribution in [0.15, 0.2) is 42.5 Å². The first-order chi connectivity index (χ1) is 17.6. The summed E-state index contributed by atoms with van der Waals surface area (Å²) in [5, 5.41) is 12.0. The molecule has 0 saturated carbocycles. The van der Waals surface area contributed by atoms with Crippen molar-refractivity contribution in [2.75, 3.05) is 31.1 Å². The average Bonchev–Trinajstić information content (AvgIpc) is 2.86. The third-order valence-electron chi connectivity index (χ3n) is 5.87. The lowest BCUT2D eigenvalue weighted by molar-refractivity contribution is -0.178. The van der Waals surface area contributed by atoms with Gasteiger partial charge in [0.15, 0.2) is 0 Å². The van der Waals surface area contributed by atoms with E-state index in [1.165, 1.54) is 17.0 Å². The van der Waals surface area contributed by atoms with Crippen LogP contribution < -0.4 is 10.2 Å². The van der Waals surface area contributed by atoms with Gasteiger partial charge in [-0.25, -0.2) is 4.39 Å². The van der Waals surface area contributed by atoms with Crippen LogP contribution in [0.1, 0.15) is 25.0 Å². The number of nitrogens with zero attached hydrogens (tertiary/aromatic N) is 2. The van der Waals surface area contributed by atoms with Crippen molar-refractivity contribution in [3.05, 3.63) is 59.4 Å². The molecule has 1 fully saturated rings. The second kappa shape index (κ2) is 12.2. The Labute approximate surface area is 213 Å². The number of rotatable bonds is 8. The first kappa shape index (κ1) is 27.4. The van der Waals surface area contributed by atoms with Gasteiger partial charge in [-0.2, -0.15) is 0 Å². The van der Waals surface area contributed by atoms with Crippen molar-refractivity contribution < 1.29 is 38.1 Å². The number of esters is 2. The number of aryl methyl sites for hydroxylation is 1. The van der Waals surface area contributed by atoms with Crippen molar-refractivity contribution in [2.24, 2.45) is 0 Å². The molecular weight excluding hydrogens is 485 g/mol. The van der Waals surface area contributed by atoms with Crippen LogP contribution in [0.2, 0.25) is 0 Å². The van der Waals surface area contributed by atoms with E-state index in [0.717, 1.165) is 13.8 Å². The molecule has 11 heteroatoms. The lowest BCUT2D eigenvalue weighted by Gasteiger charge is -2.38. The molecule has 1 heterocycles. The molecule has 0 radical (unpaired) electrons. The van der Waals surface area contributed by atoms with Crippen LogP contribution >= 0.6 is 0 Å². The van der Waals surface area contributed by atoms with Crippen LogP contribution in [0.5, 0.6) is 5.75 Å². The summed E-state index contributed by atoms with van der Waals surface area (Å²) in [7, 11) is 0. The minimum Gasteiger partial charge on any atom is -0.508 e. The predicted octanol–water partition coefficient (Wildman–Crippen LogP) is 1.67. The van der Waals surface area contributed by atoms with Crippen LogP contribution in [-0.4, -0.2) is 72.1 Å². The Morgan fingerprint density at radius 2 is 1.54 bits per heavy atom. The summed E-state index contributed by atoms with van der Waals surface area (Å²) < 4.78 is 24.9. The van der Waals surface area contributed by atoms with Gasteiger partial charge in [-0.05, 0) is 36.2 Å². The van der Waals surface area contributed by atoms with E-state index in [0.29, 0.717) is 29.9 Å². The molecule has 2 N–H and O–H groups in total. The van der Waals surface area contributed by atoms with E-state index in [-0.39, 0.29) is 31.2 Å². The molecule has 2 atom stereocenters. The maximum Gasteiger partial charge on any atom is 0.303 e. The fourth-order valence-electron chi connectivity index (χ4n) is 3.98. The van der Waals surface area contributed by atoms with Crippen LogP contribution in [0.4, 0.5) is 10.1 Å². The van der Waals surface area contributed by atoms with Crippen molar-refractivity contribution in [3.8, 4) is 5.75 Å². The Hall–Kier alpha value is -4.15. The number of anilines is 1. The third kappa shape index (κ3) is 7.18. The number of carbonyl (C=O) groups is 4. The van der Waals surface area contributed by atoms with Gasteiger partial charge < -0.3 is 29.7 Å². The number of benzene rings is 2. The number of nitrogens with one attached hydrogen (secondary N) is 1. The SMILES string of the molecule is CC(=O)O[C@@H](C(=O)NCc1ccc(O)cc1)[C@@H](OC(C)=O)C(=O)N1CCN(c2cccc(C)c2F)CC1. The molecule has 0 bridgehead atoms. The summed E-state index contributed by atoms with van der Waals surface area (Å²) in [5.74, 6) is -3.48. The number of phenols is 1. The monoisotopic (exact) mass is 515 g/mol. The van der Waals surface area contributed by atoms with E-state index in [1.807, 2.05) is 0 Å². The number of aromatic hydroxyl groups is 1. The quantitative estimate of drug-likeness (QED) is 0.509. The van der Waals surface area contributed by atoms with Crippen molar-refractivity contribution >= 4 is 29.4 Å². The van der Waals surface area contributed by atoms with Crippen LogP contribution in [0.25, 0.3) is 0 Å². The fourth-order valence-corrected chi connectivity index (χ4v) is 3.98. The molecule has 0 unspecified atom stereocenters. The highest BCUT2D eigenvalue weighted by Crippen LogP contribution is 2.24. The highest BCUT2D eigenvalue weighted by molar-refractivity contribution is 5.93. The van der Waals surface area contributed by atoms with E-state index >= 15 is 0 Å². The number of ether oxygens (including phenoxy) is 2. The molecule has 0 aromatic heterocycles. The Morgan fingerprint density at radius 1 is 0.946 bits per heavy atom. The van der Waals surface area contributed by atoms with Gasteiger partial charge in [0.1, 0.15) is 11.6 Å². The van der Waals surface area contributed by atoms with E-state index in [9.17, 15) is 28.7 Å². The molecule has 2 amide bonds. The number of phenolic OH excluding ortho intramolecular Hbond substituents is 1. The summed E-state index contributed by atoms with van der Waals surface area (Å²) in [6, 6.07) is 11.1. The predicted molar refractivity (Wildman–Crippen MR) is 131 cm³/mol. The minimum absolute atomic E-state index is 0.0125. The van der Waals surface area contributed by atoms with Crippen molar-refractivity contribution in [1.29, 1.82) is 0 Å². The molecule has 0 aliphatic carbocycles. The first-order valence-corrected chi connectivity index (χ1v) is 11.8. The van der Waals surface area contributed by atoms with Crippen LogP contribution in [0.3, 0.4) is 0 Å². The molecule has 1 aliphatic rings. The molecule has 37 heavy (non-hydrogen) atoms. The zero-order chi connectivity index (χ0) is 27.1. The summed E-state index contributed by atoms with van der Waals surface area (Å²) in [6.07, 6.45) is -3.43. The summed E-state index contributed by atoms with van der Waals surface area (Å²) in [4.78, 5) is 53.2. The van der Waals surface area contributed by atoms with Crippen molar-refractivity contribution in [2.45, 2.75) is 39.5 Å². The van der Waals surface area contributed by atoms with Gasteiger partial charge in [0, 0.05) is 46.6 Å². The molecular formula is C26H30FN3O7. The van der Waals surface area contributed by atoms with Gasteiger partial charge in [0.2, 0.25) is 12.2 Å². The van der Waals surface area contributed by atoms with Gasteiger partial charge in [-0.15, -0.1) is 0 Å². The molecule has 198 valence electrons. The molecule has 10 nitrogen and oxygen atoms in total. The van der Waals surface area contributed by atoms with Crippen molar-refractivity contribution in [3.63, 3.8) is 0 Å². The largest absolute Gasteiger partial charge is 0.508 e. The van der Waals surface area contributed by atoms with Crippen LogP contribution in [0, 0.1) is 12.7 Å². The maximum atomic E-state index is 14.6. The Balaban J connectivity index is 1.74. The standard InChI is InChI=1S/C26H30FN3O7/c1-16-5-4-6-21(22(16)27)29-11-13-30(14-12-29)26(35)24(37-18(3)32)23(36-17(2)31)25(34)28-15-19-7-9-20(33)10-8-19/h4-10,23-24,33H,11-15H2,1-3H3,(H,28,34)/t23-,24-/m1/s1. The fraction of sp³-hybridized carbons (Fsp3) is 0.385. The topological polar surface area (TPSA) is 125 Å². The summed E-state index contributed by atoms with van der Waals surface area (Å²) >= 11 is 0. The van der Waals surface area contributed by atoms with Crippen LogP contribution in [-0.2, 0) is 35.2 Å². The lowest BCUT2D eigenvalue weighted by atomic mass is 10.1. The van der Waals surface area contributed by atoms with E-state index in [4.69, 9.17) is 9.47 Å². The number of halogens is 1. The maximum absolute atomic E-state index is 14.6. The normalized spacial score (nSPS) is 14.9. The lowest BCUT2D eigenvalue weighted by Crippen LogP contribution is -2.57. The van der Waals surface area contributed by atoms with E-state index < -0.39 is 36.0 Å². The number of carbonyl (C=O) groups excluding carboxylic acids is 4. The first-order valence-electron chi connectivity index (χ1n) is 11.8. The number of piperazine rings is 1. The Morgan fingerprint density at radius 3 is 2.14 bits per heavy atom. The molecule has 1 saturated heterocycles.